The molecule has 3 heteroatoms. The Kier molecular flexibility index (Phi) is 5.20. The zero-order valence-corrected chi connectivity index (χ0v) is 13.1. The van der Waals surface area contributed by atoms with Crippen LogP contribution in [0.15, 0.2) is 6.20 Å². The molecule has 1 aliphatic carbocycles. The summed E-state index contributed by atoms with van der Waals surface area (Å²) in [7, 11) is 0. The molecule has 2 rings (SSSR count). The number of alkyl halides is 1. The molecule has 0 aliphatic heterocycles. The molecule has 1 aromatic heterocycles. The Morgan fingerprint density at radius 3 is 2.47 bits per heavy atom. The zero-order chi connectivity index (χ0) is 13.8. The minimum Gasteiger partial charge on any atom is -0.241 e. The van der Waals surface area contributed by atoms with Crippen LogP contribution in [-0.2, 0) is 12.3 Å². The van der Waals surface area contributed by atoms with Gasteiger partial charge < -0.3 is 0 Å². The molecule has 106 valence electrons. The summed E-state index contributed by atoms with van der Waals surface area (Å²) in [5.74, 6) is 3.83. The Hall–Kier alpha value is -0.630. The number of hydrogen-bond acceptors (Lipinski definition) is 2. The average Bonchev–Trinajstić information content (AvgIpc) is 2.46. The normalized spacial score (nSPS) is 23.8. The van der Waals surface area contributed by atoms with Crippen molar-refractivity contribution >= 4 is 11.6 Å². The molecule has 0 N–H and O–H groups in total. The maximum absolute atomic E-state index is 5.92. The van der Waals surface area contributed by atoms with Crippen LogP contribution in [0, 0.1) is 11.8 Å². The molecule has 0 saturated heterocycles. The molecule has 0 spiro atoms. The topological polar surface area (TPSA) is 25.8 Å². The Bertz CT molecular complexity index is 409. The Labute approximate surface area is 122 Å². The van der Waals surface area contributed by atoms with Gasteiger partial charge in [0.1, 0.15) is 5.82 Å². The van der Waals surface area contributed by atoms with Crippen LogP contribution in [0.25, 0.3) is 0 Å². The van der Waals surface area contributed by atoms with Crippen molar-refractivity contribution in [2.24, 2.45) is 11.8 Å². The number of hydrogen-bond donors (Lipinski definition) is 0. The number of aryl methyl sites for hydroxylation is 1. The molecule has 2 nitrogen and oxygen atoms in total. The first kappa shape index (κ1) is 14.8. The van der Waals surface area contributed by atoms with Crippen LogP contribution >= 0.6 is 11.6 Å². The summed E-state index contributed by atoms with van der Waals surface area (Å²) in [6.45, 7) is 6.82. The van der Waals surface area contributed by atoms with Crippen LogP contribution < -0.4 is 0 Å². The quantitative estimate of drug-likeness (QED) is 0.747. The third kappa shape index (κ3) is 3.47. The highest BCUT2D eigenvalue weighted by Crippen LogP contribution is 2.37. The number of halogens is 1. The smallest absolute Gasteiger partial charge is 0.131 e. The van der Waals surface area contributed by atoms with Crippen molar-refractivity contribution in [3.8, 4) is 0 Å². The van der Waals surface area contributed by atoms with Crippen LogP contribution in [0.3, 0.4) is 0 Å². The van der Waals surface area contributed by atoms with Gasteiger partial charge in [0.25, 0.3) is 0 Å². The molecule has 1 aromatic rings. The highest BCUT2D eigenvalue weighted by atomic mass is 35.5. The van der Waals surface area contributed by atoms with Crippen LogP contribution in [-0.4, -0.2) is 9.97 Å². The average molecular weight is 281 g/mol. The molecule has 0 bridgehead atoms. The largest absolute Gasteiger partial charge is 0.241 e. The lowest BCUT2D eigenvalue weighted by Gasteiger charge is -2.30. The first-order valence-corrected chi connectivity index (χ1v) is 8.09. The van der Waals surface area contributed by atoms with Crippen molar-refractivity contribution in [2.75, 3.05) is 0 Å². The van der Waals surface area contributed by atoms with Crippen molar-refractivity contribution in [1.82, 2.24) is 9.97 Å². The van der Waals surface area contributed by atoms with Crippen molar-refractivity contribution in [1.29, 1.82) is 0 Å². The summed E-state index contributed by atoms with van der Waals surface area (Å²) < 4.78 is 0. The maximum Gasteiger partial charge on any atom is 0.131 e. The molecular weight excluding hydrogens is 256 g/mol. The molecule has 1 aliphatic rings. The van der Waals surface area contributed by atoms with E-state index in [0.717, 1.165) is 35.3 Å². The van der Waals surface area contributed by atoms with Crippen LogP contribution in [0.1, 0.15) is 69.5 Å². The second-order valence-electron chi connectivity index (χ2n) is 6.04. The van der Waals surface area contributed by atoms with E-state index in [-0.39, 0.29) is 0 Å². The van der Waals surface area contributed by atoms with Crippen LogP contribution in [0.5, 0.6) is 0 Å². The fraction of sp³-hybridized carbons (Fsp3) is 0.750. The van der Waals surface area contributed by atoms with Crippen molar-refractivity contribution in [3.63, 3.8) is 0 Å². The predicted molar refractivity (Wildman–Crippen MR) is 80.5 cm³/mol. The molecule has 1 fully saturated rings. The number of rotatable bonds is 4. The van der Waals surface area contributed by atoms with Gasteiger partial charge in [0, 0.05) is 23.4 Å². The molecule has 0 aromatic carbocycles. The van der Waals surface area contributed by atoms with Gasteiger partial charge in [-0.1, -0.05) is 20.8 Å². The molecule has 1 saturated carbocycles. The van der Waals surface area contributed by atoms with Crippen LogP contribution in [0.4, 0.5) is 0 Å². The summed E-state index contributed by atoms with van der Waals surface area (Å²) in [4.78, 5) is 9.32. The third-order valence-electron chi connectivity index (χ3n) is 4.53. The summed E-state index contributed by atoms with van der Waals surface area (Å²) in [5.41, 5.74) is 2.22. The van der Waals surface area contributed by atoms with Gasteiger partial charge in [-0.05, 0) is 43.9 Å². The van der Waals surface area contributed by atoms with E-state index >= 15 is 0 Å². The first-order valence-electron chi connectivity index (χ1n) is 7.56. The zero-order valence-electron chi connectivity index (χ0n) is 12.3. The molecule has 19 heavy (non-hydrogen) atoms. The third-order valence-corrected chi connectivity index (χ3v) is 4.82. The molecule has 0 atom stereocenters. The van der Waals surface area contributed by atoms with E-state index in [1.807, 2.05) is 6.20 Å². The van der Waals surface area contributed by atoms with Gasteiger partial charge in [0.05, 0.1) is 5.88 Å². The summed E-state index contributed by atoms with van der Waals surface area (Å²) in [6, 6.07) is 0. The first-order chi connectivity index (χ1) is 9.15. The molecule has 0 unspecified atom stereocenters. The van der Waals surface area contributed by atoms with E-state index in [9.17, 15) is 0 Å². The lowest BCUT2D eigenvalue weighted by Crippen LogP contribution is -2.19. The molecule has 0 radical (unpaired) electrons. The minimum atomic E-state index is 0.517. The van der Waals surface area contributed by atoms with Gasteiger partial charge in [0.2, 0.25) is 0 Å². The van der Waals surface area contributed by atoms with E-state index in [1.165, 1.54) is 25.7 Å². The molecule has 1 heterocycles. The highest BCUT2D eigenvalue weighted by molar-refractivity contribution is 6.17. The Morgan fingerprint density at radius 2 is 1.95 bits per heavy atom. The van der Waals surface area contributed by atoms with Crippen molar-refractivity contribution in [2.45, 2.75) is 64.7 Å². The van der Waals surface area contributed by atoms with E-state index in [0.29, 0.717) is 11.8 Å². The highest BCUT2D eigenvalue weighted by Gasteiger charge is 2.26. The number of nitrogens with zero attached hydrogens (tertiary/aromatic N) is 2. The van der Waals surface area contributed by atoms with Gasteiger partial charge in [0.15, 0.2) is 0 Å². The van der Waals surface area contributed by atoms with Gasteiger partial charge in [-0.25, -0.2) is 9.97 Å². The van der Waals surface area contributed by atoms with E-state index in [1.54, 1.807) is 0 Å². The van der Waals surface area contributed by atoms with E-state index in [4.69, 9.17) is 16.6 Å². The minimum absolute atomic E-state index is 0.517. The predicted octanol–water partition coefficient (Wildman–Crippen LogP) is 4.71. The van der Waals surface area contributed by atoms with Gasteiger partial charge in [-0.15, -0.1) is 11.6 Å². The SMILES string of the molecule is CCc1nc(C2CCC(C(C)C)CC2)ncc1CCl. The van der Waals surface area contributed by atoms with Gasteiger partial charge >= 0.3 is 0 Å². The van der Waals surface area contributed by atoms with Gasteiger partial charge in [-0.2, -0.15) is 0 Å². The Balaban J connectivity index is 2.07. The lowest BCUT2D eigenvalue weighted by atomic mass is 9.76. The van der Waals surface area contributed by atoms with Crippen LogP contribution in [0.2, 0.25) is 0 Å². The Morgan fingerprint density at radius 1 is 1.26 bits per heavy atom. The molecular formula is C16H25ClN2. The standard InChI is InChI=1S/C16H25ClN2/c1-4-15-14(9-17)10-18-16(19-15)13-7-5-12(6-8-13)11(2)3/h10-13H,4-9H2,1-3H3. The second-order valence-corrected chi connectivity index (χ2v) is 6.31. The monoisotopic (exact) mass is 280 g/mol. The second kappa shape index (κ2) is 6.69. The summed E-state index contributed by atoms with van der Waals surface area (Å²) in [6.07, 6.45) is 8.01. The van der Waals surface area contributed by atoms with Gasteiger partial charge in [-0.3, -0.25) is 0 Å². The summed E-state index contributed by atoms with van der Waals surface area (Å²) >= 11 is 5.92. The fourth-order valence-electron chi connectivity index (χ4n) is 3.12. The van der Waals surface area contributed by atoms with E-state index in [2.05, 4.69) is 25.8 Å². The molecule has 0 amide bonds. The summed E-state index contributed by atoms with van der Waals surface area (Å²) in [5, 5.41) is 0. The number of aromatic nitrogens is 2. The van der Waals surface area contributed by atoms with Crippen molar-refractivity contribution < 1.29 is 0 Å². The fourth-order valence-corrected chi connectivity index (χ4v) is 3.34. The van der Waals surface area contributed by atoms with E-state index < -0.39 is 0 Å². The lowest BCUT2D eigenvalue weighted by molar-refractivity contribution is 0.254. The maximum atomic E-state index is 5.92. The van der Waals surface area contributed by atoms with Crippen molar-refractivity contribution in [3.05, 3.63) is 23.3 Å².